The summed E-state index contributed by atoms with van der Waals surface area (Å²) >= 11 is 0. The fourth-order valence-electron chi connectivity index (χ4n) is 2.72. The third-order valence-electron chi connectivity index (χ3n) is 3.94. The van der Waals surface area contributed by atoms with Crippen LogP contribution in [0, 0.1) is 5.82 Å². The minimum atomic E-state index is -0.153. The molecule has 1 heterocycles. The van der Waals surface area contributed by atoms with Crippen LogP contribution in [0.1, 0.15) is 13.3 Å². The topological polar surface area (TPSA) is 40.1 Å². The van der Waals surface area contributed by atoms with Crippen molar-refractivity contribution in [1.82, 2.24) is 10.2 Å². The number of piperazine rings is 1. The number of ether oxygens (including phenoxy) is 1. The average Bonchev–Trinajstić information content (AvgIpc) is 2.59. The molecule has 23 heavy (non-hydrogen) atoms. The Bertz CT molecular complexity index is 501. The Labute approximate surface area is 138 Å². The van der Waals surface area contributed by atoms with E-state index in [1.54, 1.807) is 13.1 Å². The quantitative estimate of drug-likeness (QED) is 0.494. The monoisotopic (exact) mass is 322 g/mol. The van der Waals surface area contributed by atoms with Gasteiger partial charge in [0, 0.05) is 53.0 Å². The van der Waals surface area contributed by atoms with Gasteiger partial charge in [0.1, 0.15) is 5.82 Å². The Hall–Kier alpha value is -1.82. The van der Waals surface area contributed by atoms with Crippen molar-refractivity contribution in [1.29, 1.82) is 0 Å². The van der Waals surface area contributed by atoms with Gasteiger partial charge in [-0.1, -0.05) is 12.1 Å². The van der Waals surface area contributed by atoms with Gasteiger partial charge in [-0.15, -0.1) is 0 Å². The Kier molecular flexibility index (Phi) is 7.13. The summed E-state index contributed by atoms with van der Waals surface area (Å²) in [4.78, 5) is 8.65. The van der Waals surface area contributed by atoms with Crippen molar-refractivity contribution in [3.05, 3.63) is 30.1 Å². The van der Waals surface area contributed by atoms with E-state index in [4.69, 9.17) is 4.74 Å². The molecule has 0 amide bonds. The minimum Gasteiger partial charge on any atom is -0.382 e. The molecule has 1 aliphatic rings. The van der Waals surface area contributed by atoms with Crippen LogP contribution in [-0.2, 0) is 4.74 Å². The van der Waals surface area contributed by atoms with Crippen molar-refractivity contribution >= 4 is 11.6 Å². The molecule has 2 rings (SSSR count). The zero-order chi connectivity index (χ0) is 16.5. The summed E-state index contributed by atoms with van der Waals surface area (Å²) in [7, 11) is 1.80. The van der Waals surface area contributed by atoms with E-state index in [1.807, 2.05) is 19.1 Å². The molecule has 0 aliphatic carbocycles. The predicted molar refractivity (Wildman–Crippen MR) is 92.7 cm³/mol. The summed E-state index contributed by atoms with van der Waals surface area (Å²) in [5.74, 6) is 0.758. The highest BCUT2D eigenvalue weighted by atomic mass is 19.1. The number of para-hydroxylation sites is 1. The van der Waals surface area contributed by atoms with E-state index >= 15 is 0 Å². The van der Waals surface area contributed by atoms with Crippen LogP contribution >= 0.6 is 0 Å². The zero-order valence-corrected chi connectivity index (χ0v) is 14.1. The fourth-order valence-corrected chi connectivity index (χ4v) is 2.72. The maximum absolute atomic E-state index is 13.9. The number of hydrogen-bond donors (Lipinski definition) is 1. The second-order valence-electron chi connectivity index (χ2n) is 5.45. The van der Waals surface area contributed by atoms with Crippen molar-refractivity contribution in [2.75, 3.05) is 57.9 Å². The molecule has 0 aromatic heterocycles. The fraction of sp³-hybridized carbons (Fsp3) is 0.588. The first-order valence-corrected chi connectivity index (χ1v) is 8.29. The van der Waals surface area contributed by atoms with Gasteiger partial charge in [0.05, 0.1) is 5.69 Å². The standard InChI is InChI=1S/C17H27FN4O/c1-3-23-14-6-9-20-17(19-2)22-12-10-21(11-13-22)16-8-5-4-7-15(16)18/h4-5,7-8H,3,6,9-14H2,1-2H3,(H,19,20). The molecule has 128 valence electrons. The Morgan fingerprint density at radius 2 is 2.00 bits per heavy atom. The van der Waals surface area contributed by atoms with Crippen LogP contribution in [0.5, 0.6) is 0 Å². The van der Waals surface area contributed by atoms with Crippen molar-refractivity contribution in [2.45, 2.75) is 13.3 Å². The molecular formula is C17H27FN4O. The molecule has 1 fully saturated rings. The summed E-state index contributed by atoms with van der Waals surface area (Å²) in [6.45, 7) is 7.62. The molecule has 1 aliphatic heterocycles. The van der Waals surface area contributed by atoms with Gasteiger partial charge in [-0.05, 0) is 25.5 Å². The van der Waals surface area contributed by atoms with Gasteiger partial charge < -0.3 is 19.9 Å². The van der Waals surface area contributed by atoms with Crippen LogP contribution in [0.4, 0.5) is 10.1 Å². The van der Waals surface area contributed by atoms with Gasteiger partial charge in [0.2, 0.25) is 0 Å². The van der Waals surface area contributed by atoms with E-state index in [0.717, 1.165) is 58.3 Å². The molecule has 1 saturated heterocycles. The second kappa shape index (κ2) is 9.35. The number of benzene rings is 1. The zero-order valence-electron chi connectivity index (χ0n) is 14.1. The summed E-state index contributed by atoms with van der Waals surface area (Å²) in [5, 5.41) is 3.37. The van der Waals surface area contributed by atoms with Gasteiger partial charge in [0.25, 0.3) is 0 Å². The molecule has 0 spiro atoms. The van der Waals surface area contributed by atoms with Crippen LogP contribution in [0.3, 0.4) is 0 Å². The third-order valence-corrected chi connectivity index (χ3v) is 3.94. The molecule has 6 heteroatoms. The number of nitrogens with zero attached hydrogens (tertiary/aromatic N) is 3. The van der Waals surface area contributed by atoms with Gasteiger partial charge in [-0.25, -0.2) is 4.39 Å². The Morgan fingerprint density at radius 3 is 2.65 bits per heavy atom. The number of guanidine groups is 1. The summed E-state index contributed by atoms with van der Waals surface area (Å²) in [6.07, 6.45) is 0.960. The summed E-state index contributed by atoms with van der Waals surface area (Å²) in [6, 6.07) is 6.96. The number of rotatable bonds is 6. The van der Waals surface area contributed by atoms with E-state index in [2.05, 4.69) is 20.1 Å². The first-order chi connectivity index (χ1) is 11.3. The lowest BCUT2D eigenvalue weighted by Gasteiger charge is -2.37. The highest BCUT2D eigenvalue weighted by molar-refractivity contribution is 5.80. The highest BCUT2D eigenvalue weighted by Crippen LogP contribution is 2.20. The molecule has 0 bridgehead atoms. The summed E-state index contributed by atoms with van der Waals surface area (Å²) in [5.41, 5.74) is 0.687. The first-order valence-electron chi connectivity index (χ1n) is 8.29. The number of nitrogens with one attached hydrogen (secondary N) is 1. The molecule has 5 nitrogen and oxygen atoms in total. The van der Waals surface area contributed by atoms with Gasteiger partial charge in [0.15, 0.2) is 5.96 Å². The van der Waals surface area contributed by atoms with Gasteiger partial charge in [-0.2, -0.15) is 0 Å². The lowest BCUT2D eigenvalue weighted by molar-refractivity contribution is 0.145. The summed E-state index contributed by atoms with van der Waals surface area (Å²) < 4.78 is 19.2. The van der Waals surface area contributed by atoms with E-state index in [-0.39, 0.29) is 5.82 Å². The first kappa shape index (κ1) is 17.5. The molecular weight excluding hydrogens is 295 g/mol. The van der Waals surface area contributed by atoms with Crippen molar-refractivity contribution in [3.8, 4) is 0 Å². The molecule has 0 atom stereocenters. The van der Waals surface area contributed by atoms with Crippen LogP contribution in [0.2, 0.25) is 0 Å². The minimum absolute atomic E-state index is 0.153. The van der Waals surface area contributed by atoms with Gasteiger partial charge in [-0.3, -0.25) is 4.99 Å². The van der Waals surface area contributed by atoms with Crippen molar-refractivity contribution < 1.29 is 9.13 Å². The molecule has 0 unspecified atom stereocenters. The number of hydrogen-bond acceptors (Lipinski definition) is 3. The number of halogens is 1. The maximum atomic E-state index is 13.9. The van der Waals surface area contributed by atoms with E-state index < -0.39 is 0 Å². The van der Waals surface area contributed by atoms with E-state index in [1.165, 1.54) is 6.07 Å². The normalized spacial score (nSPS) is 15.9. The Morgan fingerprint density at radius 1 is 1.26 bits per heavy atom. The van der Waals surface area contributed by atoms with E-state index in [9.17, 15) is 4.39 Å². The predicted octanol–water partition coefficient (Wildman–Crippen LogP) is 1.95. The molecule has 1 N–H and O–H groups in total. The average molecular weight is 322 g/mol. The van der Waals surface area contributed by atoms with E-state index in [0.29, 0.717) is 5.69 Å². The second-order valence-corrected chi connectivity index (χ2v) is 5.45. The largest absolute Gasteiger partial charge is 0.382 e. The molecule has 1 aromatic carbocycles. The Balaban J connectivity index is 1.79. The smallest absolute Gasteiger partial charge is 0.193 e. The lowest BCUT2D eigenvalue weighted by atomic mass is 10.2. The van der Waals surface area contributed by atoms with Gasteiger partial charge >= 0.3 is 0 Å². The number of aliphatic imine (C=N–C) groups is 1. The molecule has 0 radical (unpaired) electrons. The van der Waals surface area contributed by atoms with Crippen molar-refractivity contribution in [3.63, 3.8) is 0 Å². The van der Waals surface area contributed by atoms with Crippen LogP contribution < -0.4 is 10.2 Å². The lowest BCUT2D eigenvalue weighted by Crippen LogP contribution is -2.52. The van der Waals surface area contributed by atoms with Crippen LogP contribution in [0.15, 0.2) is 29.3 Å². The van der Waals surface area contributed by atoms with Crippen molar-refractivity contribution in [2.24, 2.45) is 4.99 Å². The highest BCUT2D eigenvalue weighted by Gasteiger charge is 2.21. The van der Waals surface area contributed by atoms with Crippen LogP contribution in [-0.4, -0.2) is 63.8 Å². The molecule has 0 saturated carbocycles. The maximum Gasteiger partial charge on any atom is 0.193 e. The van der Waals surface area contributed by atoms with Crippen LogP contribution in [0.25, 0.3) is 0 Å². The molecule has 1 aromatic rings. The SMILES string of the molecule is CCOCCCNC(=NC)N1CCN(c2ccccc2F)CC1. The third kappa shape index (κ3) is 5.10. The number of anilines is 1.